The Morgan fingerprint density at radius 2 is 2.33 bits per heavy atom. The van der Waals surface area contributed by atoms with Crippen LogP contribution in [0.4, 0.5) is 5.69 Å². The largest absolute Gasteiger partial charge is 0.396 e. The summed E-state index contributed by atoms with van der Waals surface area (Å²) in [5.74, 6) is 1.43. The third-order valence-corrected chi connectivity index (χ3v) is 6.19. The minimum absolute atomic E-state index is 0.0250. The molecule has 0 aromatic heterocycles. The highest BCUT2D eigenvalue weighted by Gasteiger charge is 2.34. The first kappa shape index (κ1) is 20.4. The van der Waals surface area contributed by atoms with Crippen LogP contribution in [-0.2, 0) is 4.74 Å². The average molecular weight is 439 g/mol. The molecule has 2 atom stereocenters. The lowest BCUT2D eigenvalue weighted by Crippen LogP contribution is -2.45. The fraction of sp³-hybridized carbons (Fsp3) is 0.650. The van der Waals surface area contributed by atoms with E-state index in [9.17, 15) is 5.11 Å². The van der Waals surface area contributed by atoms with Gasteiger partial charge in [-0.05, 0) is 43.4 Å². The van der Waals surface area contributed by atoms with Crippen molar-refractivity contribution in [2.45, 2.75) is 19.3 Å². The molecule has 2 fully saturated rings. The molecular weight excluding hydrogens is 408 g/mol. The number of aliphatic hydroxyl groups is 1. The Hall–Kier alpha value is -1.31. The summed E-state index contributed by atoms with van der Waals surface area (Å²) in [7, 11) is 1.81. The van der Waals surface area contributed by atoms with Crippen LogP contribution in [0.25, 0.3) is 0 Å². The van der Waals surface area contributed by atoms with E-state index < -0.39 is 0 Å². The summed E-state index contributed by atoms with van der Waals surface area (Å²) in [5, 5.41) is 16.3. The Labute approximate surface area is 170 Å². The summed E-state index contributed by atoms with van der Waals surface area (Å²) in [6.07, 6.45) is 2.93. The number of rotatable bonds is 7. The predicted octanol–water partition coefficient (Wildman–Crippen LogP) is 2.23. The summed E-state index contributed by atoms with van der Waals surface area (Å²) in [4.78, 5) is 6.81. The number of nitrogens with zero attached hydrogens (tertiary/aromatic N) is 2. The lowest BCUT2D eigenvalue weighted by Gasteiger charge is -2.28. The number of hydrogen-bond donors (Lipinski definition) is 3. The van der Waals surface area contributed by atoms with Crippen LogP contribution in [0.15, 0.2) is 33.7 Å². The van der Waals surface area contributed by atoms with E-state index in [0.717, 1.165) is 56.1 Å². The molecular formula is C20H31BrN4O2. The van der Waals surface area contributed by atoms with E-state index in [-0.39, 0.29) is 12.0 Å². The molecule has 1 aromatic rings. The smallest absolute Gasteiger partial charge is 0.191 e. The summed E-state index contributed by atoms with van der Waals surface area (Å²) in [6, 6.07) is 8.50. The van der Waals surface area contributed by atoms with Crippen molar-refractivity contribution in [3.05, 3.63) is 28.7 Å². The monoisotopic (exact) mass is 438 g/mol. The van der Waals surface area contributed by atoms with Crippen LogP contribution in [0.3, 0.4) is 0 Å². The maximum Gasteiger partial charge on any atom is 0.191 e. The standard InChI is InChI=1S/C20H31BrN4O2/c1-22-19(24-14-20(6-9-26)7-10-27-15-20)23-12-16-5-8-25(13-16)18-4-2-3-17(21)11-18/h2-4,11,16,26H,5-10,12-15H2,1H3,(H2,22,23,24). The van der Waals surface area contributed by atoms with Crippen molar-refractivity contribution in [2.75, 3.05) is 57.9 Å². The van der Waals surface area contributed by atoms with Crippen molar-refractivity contribution >= 4 is 27.6 Å². The lowest BCUT2D eigenvalue weighted by molar-refractivity contribution is 0.127. The van der Waals surface area contributed by atoms with Crippen LogP contribution < -0.4 is 15.5 Å². The van der Waals surface area contributed by atoms with Gasteiger partial charge in [0.2, 0.25) is 0 Å². The Morgan fingerprint density at radius 3 is 3.04 bits per heavy atom. The molecule has 7 heteroatoms. The van der Waals surface area contributed by atoms with Crippen molar-refractivity contribution in [1.29, 1.82) is 0 Å². The average Bonchev–Trinajstić information content (AvgIpc) is 3.32. The maximum absolute atomic E-state index is 9.36. The molecule has 0 radical (unpaired) electrons. The van der Waals surface area contributed by atoms with E-state index in [1.165, 1.54) is 12.1 Å². The molecule has 2 heterocycles. The van der Waals surface area contributed by atoms with Crippen molar-refractivity contribution in [3.63, 3.8) is 0 Å². The Morgan fingerprint density at radius 1 is 1.44 bits per heavy atom. The first-order chi connectivity index (χ1) is 13.1. The molecule has 27 heavy (non-hydrogen) atoms. The molecule has 1 aromatic carbocycles. The highest BCUT2D eigenvalue weighted by molar-refractivity contribution is 9.10. The van der Waals surface area contributed by atoms with Gasteiger partial charge in [-0.1, -0.05) is 22.0 Å². The molecule has 0 bridgehead atoms. The molecule has 2 aliphatic rings. The zero-order chi connectivity index (χ0) is 19.1. The van der Waals surface area contributed by atoms with Crippen LogP contribution >= 0.6 is 15.9 Å². The number of guanidine groups is 1. The Bertz CT molecular complexity index is 634. The van der Waals surface area contributed by atoms with Gasteiger partial charge in [0, 0.05) is 62.0 Å². The third kappa shape index (κ3) is 5.59. The predicted molar refractivity (Wildman–Crippen MR) is 113 cm³/mol. The number of aliphatic hydroxyl groups excluding tert-OH is 1. The lowest BCUT2D eigenvalue weighted by atomic mass is 9.84. The zero-order valence-electron chi connectivity index (χ0n) is 16.1. The maximum atomic E-state index is 9.36. The van der Waals surface area contributed by atoms with Crippen molar-refractivity contribution in [2.24, 2.45) is 16.3 Å². The molecule has 0 saturated carbocycles. The second-order valence-corrected chi connectivity index (χ2v) is 8.58. The van der Waals surface area contributed by atoms with Gasteiger partial charge in [-0.15, -0.1) is 0 Å². The summed E-state index contributed by atoms with van der Waals surface area (Å²) >= 11 is 3.56. The van der Waals surface area contributed by atoms with Gasteiger partial charge in [0.1, 0.15) is 0 Å². The van der Waals surface area contributed by atoms with Gasteiger partial charge < -0.3 is 25.4 Å². The molecule has 2 aliphatic heterocycles. The summed E-state index contributed by atoms with van der Waals surface area (Å²) < 4.78 is 6.69. The van der Waals surface area contributed by atoms with Crippen molar-refractivity contribution < 1.29 is 9.84 Å². The quantitative estimate of drug-likeness (QED) is 0.449. The third-order valence-electron chi connectivity index (χ3n) is 5.70. The fourth-order valence-electron chi connectivity index (χ4n) is 3.95. The second kappa shape index (κ2) is 9.75. The summed E-state index contributed by atoms with van der Waals surface area (Å²) in [6.45, 7) is 5.53. The van der Waals surface area contributed by atoms with E-state index >= 15 is 0 Å². The number of anilines is 1. The first-order valence-electron chi connectivity index (χ1n) is 9.78. The molecule has 6 nitrogen and oxygen atoms in total. The molecule has 0 aliphatic carbocycles. The molecule has 3 rings (SSSR count). The van der Waals surface area contributed by atoms with Crippen LogP contribution in [0.1, 0.15) is 19.3 Å². The van der Waals surface area contributed by atoms with Crippen molar-refractivity contribution in [1.82, 2.24) is 10.6 Å². The number of aliphatic imine (C=N–C) groups is 1. The zero-order valence-corrected chi connectivity index (χ0v) is 17.7. The highest BCUT2D eigenvalue weighted by Crippen LogP contribution is 2.31. The van der Waals surface area contributed by atoms with Gasteiger partial charge in [0.25, 0.3) is 0 Å². The number of ether oxygens (including phenoxy) is 1. The number of hydrogen-bond acceptors (Lipinski definition) is 4. The van der Waals surface area contributed by atoms with Crippen molar-refractivity contribution in [3.8, 4) is 0 Å². The minimum atomic E-state index is 0.0250. The molecule has 3 N–H and O–H groups in total. The number of halogens is 1. The molecule has 0 spiro atoms. The van der Waals surface area contributed by atoms with Crippen LogP contribution in [0.5, 0.6) is 0 Å². The summed E-state index contributed by atoms with van der Waals surface area (Å²) in [5.41, 5.74) is 1.30. The molecule has 2 unspecified atom stereocenters. The van der Waals surface area contributed by atoms with Crippen LogP contribution in [-0.4, -0.2) is 64.1 Å². The van der Waals surface area contributed by atoms with E-state index in [0.29, 0.717) is 12.5 Å². The topological polar surface area (TPSA) is 69.1 Å². The van der Waals surface area contributed by atoms with Gasteiger partial charge in [0.05, 0.1) is 6.61 Å². The SMILES string of the molecule is CN=C(NCC1CCN(c2cccc(Br)c2)C1)NCC1(CCO)CCOC1. The molecule has 0 amide bonds. The van der Waals surface area contributed by atoms with Gasteiger partial charge in [-0.3, -0.25) is 4.99 Å². The van der Waals surface area contributed by atoms with Gasteiger partial charge in [-0.25, -0.2) is 0 Å². The first-order valence-corrected chi connectivity index (χ1v) is 10.6. The molecule has 2 saturated heterocycles. The number of benzene rings is 1. The van der Waals surface area contributed by atoms with E-state index in [4.69, 9.17) is 4.74 Å². The van der Waals surface area contributed by atoms with Gasteiger partial charge in [0.15, 0.2) is 5.96 Å². The fourth-order valence-corrected chi connectivity index (χ4v) is 4.34. The Balaban J connectivity index is 1.44. The van der Waals surface area contributed by atoms with E-state index in [2.05, 4.69) is 60.7 Å². The Kier molecular flexibility index (Phi) is 7.38. The van der Waals surface area contributed by atoms with E-state index in [1.807, 2.05) is 7.05 Å². The van der Waals surface area contributed by atoms with Gasteiger partial charge >= 0.3 is 0 Å². The van der Waals surface area contributed by atoms with E-state index in [1.54, 1.807) is 0 Å². The van der Waals surface area contributed by atoms with Crippen LogP contribution in [0.2, 0.25) is 0 Å². The minimum Gasteiger partial charge on any atom is -0.396 e. The van der Waals surface area contributed by atoms with Gasteiger partial charge in [-0.2, -0.15) is 0 Å². The second-order valence-electron chi connectivity index (χ2n) is 7.66. The van der Waals surface area contributed by atoms with Crippen LogP contribution in [0, 0.1) is 11.3 Å². The highest BCUT2D eigenvalue weighted by atomic mass is 79.9. The normalized spacial score (nSPS) is 25.8. The molecule has 150 valence electrons. The number of nitrogens with one attached hydrogen (secondary N) is 2.